The topological polar surface area (TPSA) is 9.23 Å². The molecule has 0 aliphatic carbocycles. The van der Waals surface area contributed by atoms with Crippen molar-refractivity contribution < 1.29 is 17.9 Å². The fourth-order valence-electron chi connectivity index (χ4n) is 1.75. The highest BCUT2D eigenvalue weighted by atomic mass is 19.4. The average molecular weight is 274 g/mol. The number of alkyl halides is 3. The Hall–Kier alpha value is -2.17. The van der Waals surface area contributed by atoms with Crippen LogP contribution in [-0.2, 0) is 0 Å². The number of halogens is 3. The summed E-state index contributed by atoms with van der Waals surface area (Å²) in [6, 6.07) is 12.7. The number of hydrogen-bond acceptors (Lipinski definition) is 1. The Bertz CT molecular complexity index is 618. The zero-order chi connectivity index (χ0) is 14.8. The summed E-state index contributed by atoms with van der Waals surface area (Å²) in [6.07, 6.45) is -4.69. The number of rotatable bonds is 3. The molecule has 0 aliphatic rings. The highest BCUT2D eigenvalue weighted by Crippen LogP contribution is 2.26. The van der Waals surface area contributed by atoms with Crippen LogP contribution in [0.2, 0.25) is 0 Å². The van der Waals surface area contributed by atoms with E-state index in [2.05, 4.69) is 11.3 Å². The second-order valence-corrected chi connectivity index (χ2v) is 4.18. The molecule has 0 fully saturated rings. The van der Waals surface area contributed by atoms with Gasteiger partial charge in [-0.3, -0.25) is 0 Å². The molecule has 0 amide bonds. The molecule has 20 heavy (non-hydrogen) atoms. The Morgan fingerprint density at radius 2 is 1.65 bits per heavy atom. The molecule has 0 aromatic heterocycles. The van der Waals surface area contributed by atoms with Crippen LogP contribution in [-0.4, -0.2) is 14.2 Å². The summed E-state index contributed by atoms with van der Waals surface area (Å²) in [5.74, 6) is -0.262. The molecular weight excluding hydrogens is 264 g/mol. The second kappa shape index (κ2) is 5.45. The van der Waals surface area contributed by atoms with E-state index in [-0.39, 0.29) is 5.75 Å². The molecule has 2 aromatic carbocycles. The first-order chi connectivity index (χ1) is 9.35. The first kappa shape index (κ1) is 14.2. The maximum Gasteiger partial charge on any atom is 0.573 e. The van der Waals surface area contributed by atoms with Crippen LogP contribution in [0.3, 0.4) is 0 Å². The van der Waals surface area contributed by atoms with E-state index in [1.54, 1.807) is 18.2 Å². The van der Waals surface area contributed by atoms with Crippen molar-refractivity contribution in [3.63, 3.8) is 0 Å². The molecule has 5 heteroatoms. The summed E-state index contributed by atoms with van der Waals surface area (Å²) in [5, 5.41) is 0. The monoisotopic (exact) mass is 274 g/mol. The lowest BCUT2D eigenvalue weighted by Gasteiger charge is -2.11. The van der Waals surface area contributed by atoms with Crippen LogP contribution in [0.5, 0.6) is 5.75 Å². The maximum absolute atomic E-state index is 12.1. The van der Waals surface area contributed by atoms with Crippen molar-refractivity contribution in [2.45, 2.75) is 6.36 Å². The first-order valence-electron chi connectivity index (χ1n) is 5.76. The zero-order valence-corrected chi connectivity index (χ0v) is 10.4. The Labute approximate surface area is 116 Å². The van der Waals surface area contributed by atoms with Crippen molar-refractivity contribution >= 4 is 18.9 Å². The molecule has 0 saturated carbocycles. The molecule has 2 radical (unpaired) electrons. The second-order valence-electron chi connectivity index (χ2n) is 4.18. The molecule has 0 heterocycles. The maximum atomic E-state index is 12.1. The van der Waals surface area contributed by atoms with Gasteiger partial charge in [0, 0.05) is 0 Å². The molecular formula is C15H10BF3O. The van der Waals surface area contributed by atoms with Crippen molar-refractivity contribution in [1.29, 1.82) is 0 Å². The third-order valence-electron chi connectivity index (χ3n) is 2.67. The van der Waals surface area contributed by atoms with Gasteiger partial charge in [-0.1, -0.05) is 48.4 Å². The van der Waals surface area contributed by atoms with E-state index in [0.717, 1.165) is 5.56 Å². The van der Waals surface area contributed by atoms with E-state index < -0.39 is 6.36 Å². The van der Waals surface area contributed by atoms with Gasteiger partial charge in [0.15, 0.2) is 0 Å². The molecule has 0 saturated heterocycles. The van der Waals surface area contributed by atoms with Crippen molar-refractivity contribution in [3.05, 3.63) is 66.2 Å². The van der Waals surface area contributed by atoms with E-state index in [9.17, 15) is 13.2 Å². The van der Waals surface area contributed by atoms with E-state index in [1.807, 2.05) is 6.07 Å². The summed E-state index contributed by atoms with van der Waals surface area (Å²) < 4.78 is 40.0. The number of benzene rings is 2. The Kier molecular flexibility index (Phi) is 3.88. The third-order valence-corrected chi connectivity index (χ3v) is 2.67. The molecule has 0 atom stereocenters. The summed E-state index contributed by atoms with van der Waals surface area (Å²) >= 11 is 0. The van der Waals surface area contributed by atoms with E-state index in [4.69, 9.17) is 7.85 Å². The minimum atomic E-state index is -4.69. The lowest BCUT2D eigenvalue weighted by Crippen LogP contribution is -2.17. The zero-order valence-electron chi connectivity index (χ0n) is 10.4. The molecule has 0 spiro atoms. The van der Waals surface area contributed by atoms with Crippen molar-refractivity contribution in [3.8, 4) is 5.75 Å². The van der Waals surface area contributed by atoms with Gasteiger partial charge in [0.05, 0.1) is 0 Å². The van der Waals surface area contributed by atoms with Crippen LogP contribution in [0.1, 0.15) is 11.1 Å². The molecule has 0 N–H and O–H groups in total. The Morgan fingerprint density at radius 1 is 1.00 bits per heavy atom. The van der Waals surface area contributed by atoms with Gasteiger partial charge in [-0.05, 0) is 28.8 Å². The van der Waals surface area contributed by atoms with Gasteiger partial charge in [-0.25, -0.2) is 0 Å². The molecule has 2 aromatic rings. The highest BCUT2D eigenvalue weighted by Gasteiger charge is 2.30. The molecule has 1 nitrogen and oxygen atoms in total. The number of ether oxygens (including phenoxy) is 1. The van der Waals surface area contributed by atoms with Crippen LogP contribution in [0.4, 0.5) is 13.2 Å². The van der Waals surface area contributed by atoms with Crippen LogP contribution in [0.15, 0.2) is 55.1 Å². The van der Waals surface area contributed by atoms with E-state index in [0.29, 0.717) is 16.6 Å². The highest BCUT2D eigenvalue weighted by molar-refractivity contribution is 6.32. The van der Waals surface area contributed by atoms with Gasteiger partial charge in [-0.2, -0.15) is 0 Å². The SMILES string of the molecule is [B]c1cccc(C(=C)c2ccc(OC(F)(F)F)cc2)c1. The van der Waals surface area contributed by atoms with Crippen molar-refractivity contribution in [1.82, 2.24) is 0 Å². The molecule has 0 unspecified atom stereocenters. The minimum absolute atomic E-state index is 0.262. The van der Waals surface area contributed by atoms with Gasteiger partial charge in [-0.15, -0.1) is 13.2 Å². The quantitative estimate of drug-likeness (QED) is 0.779. The normalized spacial score (nSPS) is 11.2. The van der Waals surface area contributed by atoms with Crippen LogP contribution in [0, 0.1) is 0 Å². The molecule has 0 aliphatic heterocycles. The molecule has 0 bridgehead atoms. The average Bonchev–Trinajstić information content (AvgIpc) is 2.37. The van der Waals surface area contributed by atoms with Crippen LogP contribution in [0.25, 0.3) is 5.57 Å². The molecule has 2 rings (SSSR count). The standard InChI is InChI=1S/C15H10BF3O/c1-10(12-3-2-4-13(16)9-12)11-5-7-14(8-6-11)20-15(17,18)19/h2-9H,1H2. The lowest BCUT2D eigenvalue weighted by molar-refractivity contribution is -0.274. The third kappa shape index (κ3) is 3.67. The molecule has 100 valence electrons. The van der Waals surface area contributed by atoms with E-state index in [1.165, 1.54) is 24.3 Å². The van der Waals surface area contributed by atoms with Gasteiger partial charge in [0.25, 0.3) is 0 Å². The lowest BCUT2D eigenvalue weighted by atomic mass is 9.91. The predicted molar refractivity (Wildman–Crippen MR) is 73.1 cm³/mol. The van der Waals surface area contributed by atoms with E-state index >= 15 is 0 Å². The summed E-state index contributed by atoms with van der Waals surface area (Å²) in [7, 11) is 5.68. The largest absolute Gasteiger partial charge is 0.573 e. The van der Waals surface area contributed by atoms with Crippen molar-refractivity contribution in [2.24, 2.45) is 0 Å². The van der Waals surface area contributed by atoms with Gasteiger partial charge in [0.2, 0.25) is 0 Å². The number of hydrogen-bond donors (Lipinski definition) is 0. The predicted octanol–water partition coefficient (Wildman–Crippen LogP) is 3.44. The summed E-state index contributed by atoms with van der Waals surface area (Å²) in [4.78, 5) is 0. The summed E-state index contributed by atoms with van der Waals surface area (Å²) in [5.41, 5.74) is 2.79. The minimum Gasteiger partial charge on any atom is -0.406 e. The summed E-state index contributed by atoms with van der Waals surface area (Å²) in [6.45, 7) is 3.92. The Morgan fingerprint density at radius 3 is 2.20 bits per heavy atom. The van der Waals surface area contributed by atoms with Gasteiger partial charge in [0.1, 0.15) is 13.6 Å². The van der Waals surface area contributed by atoms with Crippen LogP contribution >= 0.6 is 0 Å². The van der Waals surface area contributed by atoms with Crippen molar-refractivity contribution in [2.75, 3.05) is 0 Å². The van der Waals surface area contributed by atoms with Gasteiger partial charge >= 0.3 is 6.36 Å². The first-order valence-corrected chi connectivity index (χ1v) is 5.76. The fraction of sp³-hybridized carbons (Fsp3) is 0.0667. The van der Waals surface area contributed by atoms with Crippen LogP contribution < -0.4 is 10.2 Å². The fourth-order valence-corrected chi connectivity index (χ4v) is 1.75. The van der Waals surface area contributed by atoms with Gasteiger partial charge < -0.3 is 4.74 Å². The Balaban J connectivity index is 2.20. The smallest absolute Gasteiger partial charge is 0.406 e.